The molecule has 0 bridgehead atoms. The Kier molecular flexibility index (Phi) is 38.8. The minimum Gasteiger partial charge on any atom is -0.462 e. The second-order valence-electron chi connectivity index (χ2n) is 14.4. The van der Waals surface area contributed by atoms with E-state index in [-0.39, 0.29) is 12.8 Å². The number of hydrogen-bond donors (Lipinski definition) is 5. The van der Waals surface area contributed by atoms with Gasteiger partial charge in [-0.2, -0.15) is 0 Å². The molecule has 0 aromatic carbocycles. The van der Waals surface area contributed by atoms with E-state index >= 15 is 0 Å². The highest BCUT2D eigenvalue weighted by molar-refractivity contribution is 7.47. The first kappa shape index (κ1) is 59.0. The Morgan fingerprint density at radius 3 is 1.61 bits per heavy atom. The van der Waals surface area contributed by atoms with Gasteiger partial charge in [0.15, 0.2) is 6.10 Å². The number of phosphoric acid groups is 2. The molecular weight excluding hydrogens is 838 g/mol. The fraction of sp³-hybridized carbons (Fsp3) is 0.609. The predicted octanol–water partition coefficient (Wildman–Crippen LogP) is 10.3. The van der Waals surface area contributed by atoms with Crippen molar-refractivity contribution in [2.24, 2.45) is 0 Å². The van der Waals surface area contributed by atoms with Crippen LogP contribution in [0.4, 0.5) is 0 Å². The van der Waals surface area contributed by atoms with Crippen LogP contribution in [-0.2, 0) is 41.8 Å². The molecule has 0 heterocycles. The summed E-state index contributed by atoms with van der Waals surface area (Å²) in [6, 6.07) is 0. The van der Waals surface area contributed by atoms with Gasteiger partial charge in [-0.25, -0.2) is 9.13 Å². The van der Waals surface area contributed by atoms with Crippen molar-refractivity contribution in [2.45, 2.75) is 154 Å². The summed E-state index contributed by atoms with van der Waals surface area (Å²) >= 11 is 0. The third kappa shape index (κ3) is 43.6. The zero-order valence-corrected chi connectivity index (χ0v) is 38.8. The van der Waals surface area contributed by atoms with Crippen LogP contribution in [0.5, 0.6) is 0 Å². The van der Waals surface area contributed by atoms with Gasteiger partial charge in [-0.3, -0.25) is 23.2 Å². The van der Waals surface area contributed by atoms with Crippen LogP contribution in [0.3, 0.4) is 0 Å². The summed E-state index contributed by atoms with van der Waals surface area (Å²) in [4.78, 5) is 52.7. The molecular formula is C46H76O14P2. The van der Waals surface area contributed by atoms with E-state index in [0.717, 1.165) is 89.9 Å². The summed E-state index contributed by atoms with van der Waals surface area (Å²) < 4.78 is 47.7. The monoisotopic (exact) mass is 914 g/mol. The van der Waals surface area contributed by atoms with Crippen LogP contribution in [0, 0.1) is 0 Å². The van der Waals surface area contributed by atoms with E-state index in [9.17, 15) is 33.8 Å². The molecule has 16 heteroatoms. The number of carbonyl (C=O) groups is 2. The largest absolute Gasteiger partial charge is 0.472 e. The SMILES string of the molecule is CC/C=C\C/C=C\C/C=C\C/C=C\C/C=C\CCCCCC(=O)O[C@H](COC(=O)CCCCCCCC(O)/C=C/C=C/C/C=C/CC)COP(=O)(O)OC[C@@H](O)COP(=O)(O)O. The first-order valence-electron chi connectivity index (χ1n) is 22.0. The van der Waals surface area contributed by atoms with E-state index in [1.54, 1.807) is 6.08 Å². The first-order chi connectivity index (χ1) is 29.8. The summed E-state index contributed by atoms with van der Waals surface area (Å²) in [5, 5.41) is 19.9. The quantitative estimate of drug-likeness (QED) is 0.0127. The van der Waals surface area contributed by atoms with Crippen molar-refractivity contribution in [1.29, 1.82) is 0 Å². The number of unbranched alkanes of at least 4 members (excludes halogenated alkanes) is 7. The van der Waals surface area contributed by atoms with Crippen molar-refractivity contribution in [3.63, 3.8) is 0 Å². The van der Waals surface area contributed by atoms with Crippen LogP contribution in [0.1, 0.15) is 136 Å². The van der Waals surface area contributed by atoms with Gasteiger partial charge in [0.2, 0.25) is 0 Å². The Morgan fingerprint density at radius 1 is 0.532 bits per heavy atom. The van der Waals surface area contributed by atoms with E-state index < -0.39 is 72.3 Å². The molecule has 354 valence electrons. The number of aliphatic hydroxyl groups excluding tert-OH is 2. The summed E-state index contributed by atoms with van der Waals surface area (Å²) in [7, 11) is -9.73. The highest BCUT2D eigenvalue weighted by Crippen LogP contribution is 2.43. The molecule has 14 nitrogen and oxygen atoms in total. The van der Waals surface area contributed by atoms with Crippen LogP contribution >= 0.6 is 15.6 Å². The van der Waals surface area contributed by atoms with E-state index in [0.29, 0.717) is 19.3 Å². The van der Waals surface area contributed by atoms with Gasteiger partial charge in [-0.05, 0) is 77.0 Å². The van der Waals surface area contributed by atoms with Gasteiger partial charge in [-0.15, -0.1) is 0 Å². The zero-order valence-electron chi connectivity index (χ0n) is 37.0. The fourth-order valence-electron chi connectivity index (χ4n) is 5.26. The lowest BCUT2D eigenvalue weighted by Crippen LogP contribution is -2.30. The highest BCUT2D eigenvalue weighted by Gasteiger charge is 2.28. The molecule has 0 saturated carbocycles. The third-order valence-corrected chi connectivity index (χ3v) is 10.00. The lowest BCUT2D eigenvalue weighted by Gasteiger charge is -2.20. The van der Waals surface area contributed by atoms with Crippen molar-refractivity contribution in [1.82, 2.24) is 0 Å². The molecule has 0 rings (SSSR count). The van der Waals surface area contributed by atoms with E-state index in [2.05, 4.69) is 95.8 Å². The van der Waals surface area contributed by atoms with Gasteiger partial charge in [0.05, 0.1) is 25.9 Å². The second-order valence-corrected chi connectivity index (χ2v) is 17.1. The average Bonchev–Trinajstić information content (AvgIpc) is 3.23. The Labute approximate surface area is 371 Å². The number of phosphoric ester groups is 2. The Balaban J connectivity index is 4.67. The molecule has 0 aliphatic rings. The lowest BCUT2D eigenvalue weighted by atomic mass is 10.1. The molecule has 0 amide bonds. The normalized spacial score (nSPS) is 15.4. The predicted molar refractivity (Wildman–Crippen MR) is 245 cm³/mol. The summed E-state index contributed by atoms with van der Waals surface area (Å²) in [5.74, 6) is -1.16. The molecule has 0 aromatic rings. The van der Waals surface area contributed by atoms with Crippen molar-refractivity contribution in [2.75, 3.05) is 26.4 Å². The van der Waals surface area contributed by atoms with Gasteiger partial charge < -0.3 is 34.4 Å². The van der Waals surface area contributed by atoms with Crippen molar-refractivity contribution in [3.8, 4) is 0 Å². The first-order valence-corrected chi connectivity index (χ1v) is 25.1. The number of rotatable bonds is 40. The molecule has 2 unspecified atom stereocenters. The standard InChI is InChI=1S/C46H76O14P2/c1-3-5-7-9-11-12-13-14-15-16-17-18-19-20-21-22-24-28-33-37-46(50)60-44(41-59-62(54,55)58-39-43(48)38-57-61(51,52)53)40-56-45(49)36-32-29-25-27-31-35-42(47)34-30-26-23-10-8-6-4-2/h5-8,11-12,14-15,17-18,20-21,23,26,30,34,42-44,47-48H,3-4,9-10,13,16,19,22,24-25,27-29,31-33,35-41H2,1-2H3,(H,54,55)(H2,51,52,53)/b7-5-,8-6+,12-11-,15-14-,18-17-,21-20-,26-23+,34-30+/t42?,43-,44+/m0/s1. The van der Waals surface area contributed by atoms with Gasteiger partial charge in [0.25, 0.3) is 0 Å². The Morgan fingerprint density at radius 2 is 1.02 bits per heavy atom. The smallest absolute Gasteiger partial charge is 0.462 e. The number of esters is 2. The Hall–Kier alpha value is -3.00. The summed E-state index contributed by atoms with van der Waals surface area (Å²) in [6.45, 7) is 1.35. The number of aliphatic hydroxyl groups is 2. The molecule has 0 aromatic heterocycles. The van der Waals surface area contributed by atoms with E-state index in [1.807, 2.05) is 18.2 Å². The zero-order chi connectivity index (χ0) is 46.0. The van der Waals surface area contributed by atoms with Gasteiger partial charge in [0.1, 0.15) is 12.7 Å². The van der Waals surface area contributed by atoms with Gasteiger partial charge >= 0.3 is 27.6 Å². The van der Waals surface area contributed by atoms with Crippen LogP contribution in [0.15, 0.2) is 97.2 Å². The molecule has 0 saturated heterocycles. The molecule has 5 N–H and O–H groups in total. The van der Waals surface area contributed by atoms with Crippen LogP contribution in [0.25, 0.3) is 0 Å². The minimum absolute atomic E-state index is 0.0659. The number of hydrogen-bond acceptors (Lipinski definition) is 11. The van der Waals surface area contributed by atoms with E-state index in [1.165, 1.54) is 0 Å². The molecule has 62 heavy (non-hydrogen) atoms. The Bertz CT molecular complexity index is 1480. The average molecular weight is 915 g/mol. The maximum atomic E-state index is 12.7. The molecule has 0 aliphatic carbocycles. The molecule has 0 spiro atoms. The molecule has 0 aliphatic heterocycles. The maximum absolute atomic E-state index is 12.7. The van der Waals surface area contributed by atoms with Crippen molar-refractivity contribution in [3.05, 3.63) is 97.2 Å². The third-order valence-electron chi connectivity index (χ3n) is 8.56. The highest BCUT2D eigenvalue weighted by atomic mass is 31.2. The number of carbonyl (C=O) groups excluding carboxylic acids is 2. The van der Waals surface area contributed by atoms with Gasteiger partial charge in [0, 0.05) is 12.8 Å². The summed E-state index contributed by atoms with van der Waals surface area (Å²) in [5.41, 5.74) is 0. The maximum Gasteiger partial charge on any atom is 0.472 e. The summed E-state index contributed by atoms with van der Waals surface area (Å²) in [6.07, 6.45) is 44.2. The molecule has 0 radical (unpaired) electrons. The lowest BCUT2D eigenvalue weighted by molar-refractivity contribution is -0.161. The number of ether oxygens (including phenoxy) is 2. The number of allylic oxidation sites excluding steroid dienone is 15. The second kappa shape index (κ2) is 40.8. The van der Waals surface area contributed by atoms with Crippen LogP contribution in [-0.4, -0.2) is 81.6 Å². The van der Waals surface area contributed by atoms with Crippen molar-refractivity contribution < 1.29 is 66.7 Å². The fourth-order valence-corrected chi connectivity index (χ4v) is 6.42. The van der Waals surface area contributed by atoms with Crippen LogP contribution < -0.4 is 0 Å². The minimum atomic E-state index is -4.88. The van der Waals surface area contributed by atoms with E-state index in [4.69, 9.17) is 23.8 Å². The van der Waals surface area contributed by atoms with Crippen LogP contribution in [0.2, 0.25) is 0 Å². The molecule has 0 fully saturated rings. The topological polar surface area (TPSA) is 216 Å². The van der Waals surface area contributed by atoms with Gasteiger partial charge in [-0.1, -0.05) is 143 Å². The molecule has 4 atom stereocenters. The van der Waals surface area contributed by atoms with Crippen molar-refractivity contribution >= 4 is 27.6 Å².